The number of hydrogen-bond donors (Lipinski definition) is 3. The number of pyridine rings is 1. The summed E-state index contributed by atoms with van der Waals surface area (Å²) in [7, 11) is 0. The molecule has 0 aliphatic carbocycles. The number of hydrazine groups is 1. The molecule has 2 heterocycles. The maximum atomic E-state index is 11.7. The van der Waals surface area contributed by atoms with Crippen LogP contribution in [0.15, 0.2) is 29.8 Å². The van der Waals surface area contributed by atoms with Crippen molar-refractivity contribution in [2.45, 2.75) is 6.54 Å². The largest absolute Gasteiger partial charge is 0.344 e. The first kappa shape index (κ1) is 11.5. The zero-order chi connectivity index (χ0) is 12.1. The average Bonchev–Trinajstić information content (AvgIpc) is 2.89. The van der Waals surface area contributed by atoms with Gasteiger partial charge in [0.15, 0.2) is 0 Å². The summed E-state index contributed by atoms with van der Waals surface area (Å²) in [6.45, 7) is 0.401. The van der Waals surface area contributed by atoms with Crippen molar-refractivity contribution in [2.24, 2.45) is 5.84 Å². The Labute approximate surface area is 102 Å². The zero-order valence-corrected chi connectivity index (χ0v) is 9.70. The molecule has 0 bridgehead atoms. The molecule has 1 amide bonds. The van der Waals surface area contributed by atoms with E-state index in [2.05, 4.69) is 20.7 Å². The number of nitrogens with two attached hydrogens (primary N) is 1. The van der Waals surface area contributed by atoms with E-state index >= 15 is 0 Å². The van der Waals surface area contributed by atoms with Crippen molar-refractivity contribution in [1.29, 1.82) is 0 Å². The van der Waals surface area contributed by atoms with Crippen LogP contribution in [-0.2, 0) is 6.54 Å². The third-order valence-electron chi connectivity index (χ3n) is 2.01. The number of amides is 1. The minimum atomic E-state index is -0.252. The van der Waals surface area contributed by atoms with Gasteiger partial charge < -0.3 is 10.7 Å². The highest BCUT2D eigenvalue weighted by Gasteiger charge is 2.07. The Morgan fingerprint density at radius 3 is 3.06 bits per heavy atom. The van der Waals surface area contributed by atoms with Crippen LogP contribution < -0.4 is 16.6 Å². The van der Waals surface area contributed by atoms with Crippen LogP contribution in [0.25, 0.3) is 0 Å². The molecule has 0 unspecified atom stereocenters. The van der Waals surface area contributed by atoms with E-state index < -0.39 is 0 Å². The second-order valence-electron chi connectivity index (χ2n) is 3.16. The first-order valence-corrected chi connectivity index (χ1v) is 5.78. The lowest BCUT2D eigenvalue weighted by Gasteiger charge is -2.04. The molecule has 0 saturated carbocycles. The van der Waals surface area contributed by atoms with Crippen LogP contribution in [0.4, 0.5) is 5.82 Å². The van der Waals surface area contributed by atoms with Crippen LogP contribution in [0.1, 0.15) is 15.5 Å². The average molecular weight is 249 g/mol. The SMILES string of the molecule is NNc1cccc(C(=O)NCc2nccs2)n1. The number of rotatable bonds is 4. The van der Waals surface area contributed by atoms with Crippen molar-refractivity contribution in [2.75, 3.05) is 5.43 Å². The molecule has 2 aromatic rings. The molecule has 0 fully saturated rings. The Balaban J connectivity index is 1.99. The van der Waals surface area contributed by atoms with Crippen LogP contribution in [0.2, 0.25) is 0 Å². The number of aromatic nitrogens is 2. The highest BCUT2D eigenvalue weighted by molar-refractivity contribution is 7.09. The molecule has 0 aliphatic heterocycles. The molecule has 0 radical (unpaired) electrons. The van der Waals surface area contributed by atoms with Gasteiger partial charge in [0.25, 0.3) is 5.91 Å². The summed E-state index contributed by atoms with van der Waals surface area (Å²) in [5.41, 5.74) is 2.71. The fourth-order valence-electron chi connectivity index (χ4n) is 1.23. The van der Waals surface area contributed by atoms with E-state index in [1.54, 1.807) is 24.4 Å². The lowest BCUT2D eigenvalue weighted by atomic mass is 10.3. The number of carbonyl (C=O) groups excluding carboxylic acids is 1. The molecule has 7 heteroatoms. The van der Waals surface area contributed by atoms with Gasteiger partial charge in [0.1, 0.15) is 16.5 Å². The molecule has 88 valence electrons. The molecular formula is C10H11N5OS. The molecule has 2 rings (SSSR count). The van der Waals surface area contributed by atoms with Crippen molar-refractivity contribution in [1.82, 2.24) is 15.3 Å². The number of thiazole rings is 1. The standard InChI is InChI=1S/C10H11N5OS/c11-15-8-3-1-2-7(14-8)10(16)13-6-9-12-4-5-17-9/h1-5H,6,11H2,(H,13,16)(H,14,15). The van der Waals surface area contributed by atoms with Crippen LogP contribution in [0.5, 0.6) is 0 Å². The Morgan fingerprint density at radius 2 is 2.35 bits per heavy atom. The van der Waals surface area contributed by atoms with Crippen LogP contribution in [0, 0.1) is 0 Å². The number of hydrogen-bond acceptors (Lipinski definition) is 6. The highest BCUT2D eigenvalue weighted by atomic mass is 32.1. The normalized spacial score (nSPS) is 9.94. The topological polar surface area (TPSA) is 92.9 Å². The summed E-state index contributed by atoms with van der Waals surface area (Å²) in [5.74, 6) is 5.42. The first-order chi connectivity index (χ1) is 8.29. The van der Waals surface area contributed by atoms with E-state index in [1.165, 1.54) is 11.3 Å². The third kappa shape index (κ3) is 2.99. The molecular weight excluding hydrogens is 238 g/mol. The van der Waals surface area contributed by atoms with Gasteiger partial charge in [-0.05, 0) is 12.1 Å². The molecule has 17 heavy (non-hydrogen) atoms. The van der Waals surface area contributed by atoms with Crippen molar-refractivity contribution in [3.8, 4) is 0 Å². The van der Waals surface area contributed by atoms with Crippen LogP contribution in [-0.4, -0.2) is 15.9 Å². The molecule has 6 nitrogen and oxygen atoms in total. The number of anilines is 1. The first-order valence-electron chi connectivity index (χ1n) is 4.90. The summed E-state index contributed by atoms with van der Waals surface area (Å²) in [4.78, 5) is 19.8. The quantitative estimate of drug-likeness (QED) is 0.549. The second-order valence-corrected chi connectivity index (χ2v) is 4.14. The molecule has 4 N–H and O–H groups in total. The summed E-state index contributed by atoms with van der Waals surface area (Å²) < 4.78 is 0. The van der Waals surface area contributed by atoms with Gasteiger partial charge in [0.2, 0.25) is 0 Å². The zero-order valence-electron chi connectivity index (χ0n) is 8.88. The predicted octanol–water partition coefficient (Wildman–Crippen LogP) is 0.754. The van der Waals surface area contributed by atoms with E-state index in [0.717, 1.165) is 5.01 Å². The Bertz CT molecular complexity index is 499. The Morgan fingerprint density at radius 1 is 1.47 bits per heavy atom. The number of carbonyl (C=O) groups is 1. The third-order valence-corrected chi connectivity index (χ3v) is 2.79. The molecule has 2 aromatic heterocycles. The van der Waals surface area contributed by atoms with Crippen LogP contribution in [0.3, 0.4) is 0 Å². The van der Waals surface area contributed by atoms with Gasteiger partial charge in [-0.1, -0.05) is 6.07 Å². The summed E-state index contributed by atoms with van der Waals surface area (Å²) in [6.07, 6.45) is 1.70. The van der Waals surface area contributed by atoms with Gasteiger partial charge in [0, 0.05) is 11.6 Å². The van der Waals surface area contributed by atoms with E-state index in [4.69, 9.17) is 5.84 Å². The fraction of sp³-hybridized carbons (Fsp3) is 0.100. The molecule has 0 aromatic carbocycles. The lowest BCUT2D eigenvalue weighted by molar-refractivity contribution is 0.0946. The highest BCUT2D eigenvalue weighted by Crippen LogP contribution is 2.05. The number of nitrogens with one attached hydrogen (secondary N) is 2. The van der Waals surface area contributed by atoms with E-state index in [-0.39, 0.29) is 5.91 Å². The lowest BCUT2D eigenvalue weighted by Crippen LogP contribution is -2.24. The monoisotopic (exact) mass is 249 g/mol. The summed E-state index contributed by atoms with van der Waals surface area (Å²) in [5, 5.41) is 5.44. The minimum absolute atomic E-state index is 0.252. The van der Waals surface area contributed by atoms with E-state index in [0.29, 0.717) is 18.1 Å². The van der Waals surface area contributed by atoms with Gasteiger partial charge in [-0.3, -0.25) is 4.79 Å². The minimum Gasteiger partial charge on any atom is -0.344 e. The number of nitrogens with zero attached hydrogens (tertiary/aromatic N) is 2. The van der Waals surface area contributed by atoms with Crippen molar-refractivity contribution < 1.29 is 4.79 Å². The molecule has 0 spiro atoms. The molecule has 0 saturated heterocycles. The molecule has 0 atom stereocenters. The van der Waals surface area contributed by atoms with E-state index in [1.807, 2.05) is 5.38 Å². The maximum Gasteiger partial charge on any atom is 0.270 e. The fourth-order valence-corrected chi connectivity index (χ4v) is 1.78. The Hall–Kier alpha value is -1.99. The Kier molecular flexibility index (Phi) is 3.63. The van der Waals surface area contributed by atoms with Crippen molar-refractivity contribution in [3.63, 3.8) is 0 Å². The second kappa shape index (κ2) is 5.37. The van der Waals surface area contributed by atoms with E-state index in [9.17, 15) is 4.79 Å². The number of nitrogen functional groups attached to an aromatic ring is 1. The van der Waals surface area contributed by atoms with Gasteiger partial charge in [-0.25, -0.2) is 15.8 Å². The van der Waals surface area contributed by atoms with Crippen molar-refractivity contribution >= 4 is 23.1 Å². The van der Waals surface area contributed by atoms with Gasteiger partial charge >= 0.3 is 0 Å². The summed E-state index contributed by atoms with van der Waals surface area (Å²) >= 11 is 1.49. The van der Waals surface area contributed by atoms with Gasteiger partial charge in [0.05, 0.1) is 6.54 Å². The molecule has 0 aliphatic rings. The summed E-state index contributed by atoms with van der Waals surface area (Å²) in [6, 6.07) is 5.01. The van der Waals surface area contributed by atoms with Gasteiger partial charge in [-0.15, -0.1) is 11.3 Å². The van der Waals surface area contributed by atoms with Crippen LogP contribution >= 0.6 is 11.3 Å². The van der Waals surface area contributed by atoms with Gasteiger partial charge in [-0.2, -0.15) is 0 Å². The maximum absolute atomic E-state index is 11.7. The van der Waals surface area contributed by atoms with Crippen molar-refractivity contribution in [3.05, 3.63) is 40.5 Å². The predicted molar refractivity (Wildman–Crippen MR) is 65.3 cm³/mol. The smallest absolute Gasteiger partial charge is 0.270 e.